The van der Waals surface area contributed by atoms with Gasteiger partial charge in [-0.1, -0.05) is 18.2 Å². The van der Waals surface area contributed by atoms with Crippen molar-refractivity contribution in [3.05, 3.63) is 53.9 Å². The van der Waals surface area contributed by atoms with Gasteiger partial charge in [-0.25, -0.2) is 4.98 Å². The van der Waals surface area contributed by atoms with Gasteiger partial charge in [-0.2, -0.15) is 0 Å². The lowest BCUT2D eigenvalue weighted by atomic mass is 10.1. The number of pyridine rings is 1. The van der Waals surface area contributed by atoms with Gasteiger partial charge in [0.1, 0.15) is 5.69 Å². The summed E-state index contributed by atoms with van der Waals surface area (Å²) in [5.74, 6) is -0.00218. The maximum absolute atomic E-state index is 13.0. The number of hydrogen-bond donors (Lipinski definition) is 0. The molecule has 4 nitrogen and oxygen atoms in total. The zero-order valence-electron chi connectivity index (χ0n) is 14.1. The van der Waals surface area contributed by atoms with Crippen LogP contribution in [0.25, 0.3) is 0 Å². The summed E-state index contributed by atoms with van der Waals surface area (Å²) < 4.78 is 0. The van der Waals surface area contributed by atoms with Crippen molar-refractivity contribution in [2.24, 2.45) is 0 Å². The van der Waals surface area contributed by atoms with Crippen molar-refractivity contribution in [3.8, 4) is 0 Å². The second kappa shape index (κ2) is 6.27. The number of aromatic nitrogens is 1. The van der Waals surface area contributed by atoms with Gasteiger partial charge in [0.2, 0.25) is 0 Å². The molecule has 2 aliphatic rings. The third kappa shape index (κ3) is 2.66. The van der Waals surface area contributed by atoms with E-state index in [0.29, 0.717) is 5.69 Å². The summed E-state index contributed by atoms with van der Waals surface area (Å²) in [6.07, 6.45) is 6.55. The first-order valence-electron chi connectivity index (χ1n) is 8.86. The molecule has 0 radical (unpaired) electrons. The zero-order chi connectivity index (χ0) is 16.5. The first kappa shape index (κ1) is 15.2. The summed E-state index contributed by atoms with van der Waals surface area (Å²) in [5.41, 5.74) is 3.92. The van der Waals surface area contributed by atoms with E-state index in [4.69, 9.17) is 0 Å². The number of anilines is 2. The Morgan fingerprint density at radius 3 is 2.62 bits per heavy atom. The Morgan fingerprint density at radius 1 is 1.08 bits per heavy atom. The normalized spacial score (nSPS) is 20.1. The fraction of sp³-hybridized carbons (Fsp3) is 0.400. The van der Waals surface area contributed by atoms with Gasteiger partial charge in [0, 0.05) is 24.8 Å². The maximum atomic E-state index is 13.0. The van der Waals surface area contributed by atoms with Crippen LogP contribution in [0.3, 0.4) is 0 Å². The Morgan fingerprint density at radius 2 is 1.88 bits per heavy atom. The Hall–Kier alpha value is -2.36. The van der Waals surface area contributed by atoms with Crippen molar-refractivity contribution >= 4 is 17.3 Å². The second-order valence-corrected chi connectivity index (χ2v) is 6.81. The number of carbonyl (C=O) groups is 1. The summed E-state index contributed by atoms with van der Waals surface area (Å²) >= 11 is 0. The van der Waals surface area contributed by atoms with Crippen molar-refractivity contribution in [3.63, 3.8) is 0 Å². The standard InChI is InChI=1S/C20H23N3O/c1-15-13-16-7-3-4-8-19(16)23(15)20(24)18-10-9-17(14-21-18)22-11-5-2-6-12-22/h3-4,7-10,14-15H,2,5-6,11-13H2,1H3. The van der Waals surface area contributed by atoms with E-state index < -0.39 is 0 Å². The van der Waals surface area contributed by atoms with E-state index in [9.17, 15) is 4.79 Å². The molecular formula is C20H23N3O. The van der Waals surface area contributed by atoms with Gasteiger partial charge >= 0.3 is 0 Å². The summed E-state index contributed by atoms with van der Waals surface area (Å²) in [7, 11) is 0. The highest BCUT2D eigenvalue weighted by atomic mass is 16.2. The molecule has 0 aliphatic carbocycles. The first-order valence-corrected chi connectivity index (χ1v) is 8.86. The van der Waals surface area contributed by atoms with E-state index in [0.717, 1.165) is 30.9 Å². The van der Waals surface area contributed by atoms with Crippen LogP contribution in [0, 0.1) is 0 Å². The molecule has 4 heteroatoms. The number of para-hydroxylation sites is 1. The van der Waals surface area contributed by atoms with Gasteiger partial charge in [-0.05, 0) is 56.4 Å². The van der Waals surface area contributed by atoms with Crippen molar-refractivity contribution in [1.29, 1.82) is 0 Å². The number of rotatable bonds is 2. The Kier molecular flexibility index (Phi) is 3.97. The monoisotopic (exact) mass is 321 g/mol. The minimum absolute atomic E-state index is 0.00218. The lowest BCUT2D eigenvalue weighted by Gasteiger charge is -2.28. The molecule has 1 aromatic carbocycles. The highest BCUT2D eigenvalue weighted by molar-refractivity contribution is 6.06. The average Bonchev–Trinajstić information content (AvgIpc) is 2.98. The van der Waals surface area contributed by atoms with E-state index in [2.05, 4.69) is 22.9 Å². The number of carbonyl (C=O) groups excluding carboxylic acids is 1. The Bertz CT molecular complexity index is 735. The molecular weight excluding hydrogens is 298 g/mol. The van der Waals surface area contributed by atoms with E-state index in [1.807, 2.05) is 41.4 Å². The Balaban J connectivity index is 1.56. The van der Waals surface area contributed by atoms with Gasteiger partial charge in [0.15, 0.2) is 0 Å². The van der Waals surface area contributed by atoms with E-state index in [1.165, 1.54) is 24.8 Å². The molecule has 2 aromatic rings. The van der Waals surface area contributed by atoms with Gasteiger partial charge in [-0.3, -0.25) is 4.79 Å². The molecule has 124 valence electrons. The molecule has 1 aromatic heterocycles. The summed E-state index contributed by atoms with van der Waals surface area (Å²) in [5, 5.41) is 0. The highest BCUT2D eigenvalue weighted by Crippen LogP contribution is 2.33. The van der Waals surface area contributed by atoms with Crippen molar-refractivity contribution < 1.29 is 4.79 Å². The number of fused-ring (bicyclic) bond motifs is 1. The molecule has 1 unspecified atom stereocenters. The molecule has 1 amide bonds. The SMILES string of the molecule is CC1Cc2ccccc2N1C(=O)c1ccc(N2CCCCC2)cn1. The van der Waals surface area contributed by atoms with Gasteiger partial charge in [0.25, 0.3) is 5.91 Å². The molecule has 1 fully saturated rings. The van der Waals surface area contributed by atoms with Crippen LogP contribution in [0.4, 0.5) is 11.4 Å². The predicted molar refractivity (Wildman–Crippen MR) is 96.7 cm³/mol. The van der Waals surface area contributed by atoms with Crippen molar-refractivity contribution in [1.82, 2.24) is 4.98 Å². The molecule has 1 saturated heterocycles. The van der Waals surface area contributed by atoms with Crippen LogP contribution >= 0.6 is 0 Å². The quantitative estimate of drug-likeness (QED) is 0.847. The van der Waals surface area contributed by atoms with Gasteiger partial charge < -0.3 is 9.80 Å². The molecule has 0 bridgehead atoms. The number of hydrogen-bond acceptors (Lipinski definition) is 3. The molecule has 2 aliphatic heterocycles. The van der Waals surface area contributed by atoms with Crippen LogP contribution in [-0.2, 0) is 6.42 Å². The van der Waals surface area contributed by atoms with E-state index in [-0.39, 0.29) is 11.9 Å². The summed E-state index contributed by atoms with van der Waals surface area (Å²) in [6, 6.07) is 12.2. The summed E-state index contributed by atoms with van der Waals surface area (Å²) in [4.78, 5) is 21.7. The highest BCUT2D eigenvalue weighted by Gasteiger charge is 2.31. The van der Waals surface area contributed by atoms with Crippen LogP contribution in [0.5, 0.6) is 0 Å². The molecule has 4 rings (SSSR count). The number of piperidine rings is 1. The van der Waals surface area contributed by atoms with Crippen molar-refractivity contribution in [2.75, 3.05) is 22.9 Å². The van der Waals surface area contributed by atoms with Gasteiger partial charge in [0.05, 0.1) is 11.9 Å². The molecule has 1 atom stereocenters. The minimum Gasteiger partial charge on any atom is -0.370 e. The lowest BCUT2D eigenvalue weighted by molar-refractivity contribution is 0.0976. The van der Waals surface area contributed by atoms with E-state index in [1.54, 1.807) is 0 Å². The molecule has 3 heterocycles. The lowest BCUT2D eigenvalue weighted by Crippen LogP contribution is -2.36. The third-order valence-electron chi connectivity index (χ3n) is 5.11. The molecule has 0 saturated carbocycles. The van der Waals surface area contributed by atoms with Crippen LogP contribution in [-0.4, -0.2) is 30.0 Å². The smallest absolute Gasteiger partial charge is 0.277 e. The second-order valence-electron chi connectivity index (χ2n) is 6.81. The van der Waals surface area contributed by atoms with Crippen LogP contribution in [0.1, 0.15) is 42.2 Å². The molecule has 0 spiro atoms. The average molecular weight is 321 g/mol. The molecule has 24 heavy (non-hydrogen) atoms. The van der Waals surface area contributed by atoms with Crippen LogP contribution in [0.15, 0.2) is 42.6 Å². The van der Waals surface area contributed by atoms with Crippen LogP contribution < -0.4 is 9.80 Å². The Labute approximate surface area is 143 Å². The fourth-order valence-electron chi connectivity index (χ4n) is 3.85. The third-order valence-corrected chi connectivity index (χ3v) is 5.11. The molecule has 0 N–H and O–H groups in total. The van der Waals surface area contributed by atoms with Gasteiger partial charge in [-0.15, -0.1) is 0 Å². The number of nitrogens with zero attached hydrogens (tertiary/aromatic N) is 3. The number of benzene rings is 1. The summed E-state index contributed by atoms with van der Waals surface area (Å²) in [6.45, 7) is 4.27. The first-order chi connectivity index (χ1) is 11.7. The number of amides is 1. The zero-order valence-corrected chi connectivity index (χ0v) is 14.1. The van der Waals surface area contributed by atoms with Crippen molar-refractivity contribution in [2.45, 2.75) is 38.6 Å². The largest absolute Gasteiger partial charge is 0.370 e. The van der Waals surface area contributed by atoms with E-state index >= 15 is 0 Å². The fourth-order valence-corrected chi connectivity index (χ4v) is 3.85. The van der Waals surface area contributed by atoms with Crippen LogP contribution in [0.2, 0.25) is 0 Å². The predicted octanol–water partition coefficient (Wildman–Crippen LogP) is 3.66. The maximum Gasteiger partial charge on any atom is 0.277 e. The minimum atomic E-state index is -0.00218. The topological polar surface area (TPSA) is 36.4 Å².